The van der Waals surface area contributed by atoms with E-state index >= 15 is 0 Å². The maximum absolute atomic E-state index is 5.98. The van der Waals surface area contributed by atoms with E-state index in [-0.39, 0.29) is 0 Å². The van der Waals surface area contributed by atoms with Crippen molar-refractivity contribution in [1.29, 1.82) is 0 Å². The topological polar surface area (TPSA) is 74.2 Å². The molecule has 0 aliphatic carbocycles. The van der Waals surface area contributed by atoms with Crippen molar-refractivity contribution >= 4 is 28.4 Å². The van der Waals surface area contributed by atoms with Crippen LogP contribution < -0.4 is 5.73 Å². The second-order valence-electron chi connectivity index (χ2n) is 4.52. The molecule has 0 fully saturated rings. The Bertz CT molecular complexity index is 786. The van der Waals surface area contributed by atoms with Crippen LogP contribution >= 0.6 is 11.6 Å². The van der Waals surface area contributed by atoms with Crippen LogP contribution in [0.3, 0.4) is 0 Å². The number of rotatable bonds is 4. The predicted molar refractivity (Wildman–Crippen MR) is 82.0 cm³/mol. The maximum Gasteiger partial charge on any atom is 0.157 e. The SMILES string of the molecule is CCOCc1nc(N)cc(-c2cc3cc(Cl)ccc3o2)n1. The summed E-state index contributed by atoms with van der Waals surface area (Å²) >= 11 is 5.98. The van der Waals surface area contributed by atoms with E-state index in [2.05, 4.69) is 9.97 Å². The molecule has 0 spiro atoms. The first kappa shape index (κ1) is 13.9. The second kappa shape index (κ2) is 5.71. The Kier molecular flexibility index (Phi) is 3.77. The van der Waals surface area contributed by atoms with Gasteiger partial charge in [0.05, 0.1) is 0 Å². The molecule has 3 aromatic rings. The summed E-state index contributed by atoms with van der Waals surface area (Å²) < 4.78 is 11.1. The smallest absolute Gasteiger partial charge is 0.157 e. The van der Waals surface area contributed by atoms with Gasteiger partial charge in [0.2, 0.25) is 0 Å². The third-order valence-corrected chi connectivity index (χ3v) is 3.19. The van der Waals surface area contributed by atoms with Crippen LogP contribution in [0.25, 0.3) is 22.4 Å². The van der Waals surface area contributed by atoms with Crippen LogP contribution in [0.5, 0.6) is 0 Å². The fraction of sp³-hybridized carbons (Fsp3) is 0.200. The number of ether oxygens (including phenoxy) is 1. The van der Waals surface area contributed by atoms with E-state index in [1.807, 2.05) is 25.1 Å². The lowest BCUT2D eigenvalue weighted by Gasteiger charge is -2.04. The van der Waals surface area contributed by atoms with Gasteiger partial charge in [-0.25, -0.2) is 9.97 Å². The molecule has 0 amide bonds. The highest BCUT2D eigenvalue weighted by molar-refractivity contribution is 6.31. The highest BCUT2D eigenvalue weighted by Crippen LogP contribution is 2.29. The molecule has 6 heteroatoms. The summed E-state index contributed by atoms with van der Waals surface area (Å²) in [6, 6.07) is 9.01. The van der Waals surface area contributed by atoms with E-state index in [4.69, 9.17) is 26.5 Å². The minimum atomic E-state index is 0.320. The minimum absolute atomic E-state index is 0.320. The van der Waals surface area contributed by atoms with Crippen molar-refractivity contribution < 1.29 is 9.15 Å². The largest absolute Gasteiger partial charge is 0.454 e. The normalized spacial score (nSPS) is 11.1. The van der Waals surface area contributed by atoms with Gasteiger partial charge >= 0.3 is 0 Å². The van der Waals surface area contributed by atoms with Crippen LogP contribution in [0.4, 0.5) is 5.82 Å². The first-order chi connectivity index (χ1) is 10.2. The molecule has 21 heavy (non-hydrogen) atoms. The van der Waals surface area contributed by atoms with Gasteiger partial charge in [0.25, 0.3) is 0 Å². The molecule has 2 aromatic heterocycles. The molecule has 0 saturated carbocycles. The van der Waals surface area contributed by atoms with Crippen LogP contribution in [0.2, 0.25) is 5.02 Å². The van der Waals surface area contributed by atoms with Crippen molar-refractivity contribution in [2.45, 2.75) is 13.5 Å². The van der Waals surface area contributed by atoms with E-state index in [1.165, 1.54) is 0 Å². The summed E-state index contributed by atoms with van der Waals surface area (Å²) in [7, 11) is 0. The zero-order valence-electron chi connectivity index (χ0n) is 11.5. The van der Waals surface area contributed by atoms with Crippen molar-refractivity contribution in [1.82, 2.24) is 9.97 Å². The number of hydrogen-bond acceptors (Lipinski definition) is 5. The molecule has 0 radical (unpaired) electrons. The highest BCUT2D eigenvalue weighted by Gasteiger charge is 2.11. The van der Waals surface area contributed by atoms with Gasteiger partial charge in [0.15, 0.2) is 11.6 Å². The number of anilines is 1. The molecule has 2 heterocycles. The Morgan fingerprint density at radius 1 is 1.24 bits per heavy atom. The third kappa shape index (κ3) is 2.99. The average molecular weight is 304 g/mol. The van der Waals surface area contributed by atoms with Crippen molar-refractivity contribution in [2.75, 3.05) is 12.3 Å². The lowest BCUT2D eigenvalue weighted by Crippen LogP contribution is -2.03. The third-order valence-electron chi connectivity index (χ3n) is 2.96. The predicted octanol–water partition coefficient (Wildman–Crippen LogP) is 3.66. The standard InChI is InChI=1S/C15H14ClN3O2/c1-2-20-8-15-18-11(7-14(17)19-15)13-6-9-5-10(16)3-4-12(9)21-13/h3-7H,2,8H2,1H3,(H2,17,18,19). The van der Waals surface area contributed by atoms with E-state index in [1.54, 1.807) is 12.1 Å². The molecule has 3 rings (SSSR count). The number of nitrogens with zero attached hydrogens (tertiary/aromatic N) is 2. The number of furan rings is 1. The summed E-state index contributed by atoms with van der Waals surface area (Å²) in [6.07, 6.45) is 0. The molecule has 0 bridgehead atoms. The van der Waals surface area contributed by atoms with Gasteiger partial charge in [-0.15, -0.1) is 0 Å². The van der Waals surface area contributed by atoms with Crippen molar-refractivity contribution in [3.8, 4) is 11.5 Å². The van der Waals surface area contributed by atoms with Gasteiger partial charge in [0, 0.05) is 23.1 Å². The molecule has 0 unspecified atom stereocenters. The average Bonchev–Trinajstić information content (AvgIpc) is 2.87. The number of benzene rings is 1. The van der Waals surface area contributed by atoms with Gasteiger partial charge in [-0.05, 0) is 31.2 Å². The fourth-order valence-electron chi connectivity index (χ4n) is 2.04. The van der Waals surface area contributed by atoms with Gasteiger partial charge in [0.1, 0.15) is 23.7 Å². The van der Waals surface area contributed by atoms with Crippen LogP contribution in [0.15, 0.2) is 34.7 Å². The summed E-state index contributed by atoms with van der Waals surface area (Å²) in [5.74, 6) is 1.54. The molecular weight excluding hydrogens is 290 g/mol. The Hall–Kier alpha value is -2.11. The molecular formula is C15H14ClN3O2. The lowest BCUT2D eigenvalue weighted by molar-refractivity contribution is 0.128. The zero-order chi connectivity index (χ0) is 14.8. The van der Waals surface area contributed by atoms with Gasteiger partial charge in [-0.1, -0.05) is 11.6 Å². The Morgan fingerprint density at radius 3 is 2.90 bits per heavy atom. The van der Waals surface area contributed by atoms with Crippen molar-refractivity contribution in [3.05, 3.63) is 41.2 Å². The van der Waals surface area contributed by atoms with Gasteiger partial charge in [-0.2, -0.15) is 0 Å². The van der Waals surface area contributed by atoms with E-state index in [9.17, 15) is 0 Å². The summed E-state index contributed by atoms with van der Waals surface area (Å²) in [4.78, 5) is 8.56. The number of nitrogen functional groups attached to an aromatic ring is 1. The quantitative estimate of drug-likeness (QED) is 0.796. The second-order valence-corrected chi connectivity index (χ2v) is 4.96. The molecule has 0 saturated heterocycles. The summed E-state index contributed by atoms with van der Waals surface area (Å²) in [5.41, 5.74) is 7.19. The Balaban J connectivity index is 2.02. The monoisotopic (exact) mass is 303 g/mol. The molecule has 108 valence electrons. The Morgan fingerprint density at radius 2 is 2.10 bits per heavy atom. The highest BCUT2D eigenvalue weighted by atomic mass is 35.5. The van der Waals surface area contributed by atoms with Crippen molar-refractivity contribution in [2.24, 2.45) is 0 Å². The first-order valence-electron chi connectivity index (χ1n) is 6.56. The van der Waals surface area contributed by atoms with Crippen LogP contribution in [0.1, 0.15) is 12.7 Å². The number of aromatic nitrogens is 2. The molecule has 0 atom stereocenters. The fourth-order valence-corrected chi connectivity index (χ4v) is 2.22. The number of halogens is 1. The van der Waals surface area contributed by atoms with E-state index < -0.39 is 0 Å². The zero-order valence-corrected chi connectivity index (χ0v) is 12.2. The maximum atomic E-state index is 5.98. The van der Waals surface area contributed by atoms with Gasteiger partial charge < -0.3 is 14.9 Å². The minimum Gasteiger partial charge on any atom is -0.454 e. The molecule has 2 N–H and O–H groups in total. The summed E-state index contributed by atoms with van der Waals surface area (Å²) in [6.45, 7) is 2.83. The van der Waals surface area contributed by atoms with Crippen LogP contribution in [0, 0.1) is 0 Å². The number of fused-ring (bicyclic) bond motifs is 1. The van der Waals surface area contributed by atoms with Crippen molar-refractivity contribution in [3.63, 3.8) is 0 Å². The van der Waals surface area contributed by atoms with E-state index in [0.29, 0.717) is 41.3 Å². The summed E-state index contributed by atoms with van der Waals surface area (Å²) in [5, 5.41) is 1.58. The Labute approximate surface area is 126 Å². The van der Waals surface area contributed by atoms with Gasteiger partial charge in [-0.3, -0.25) is 0 Å². The molecule has 5 nitrogen and oxygen atoms in total. The first-order valence-corrected chi connectivity index (χ1v) is 6.94. The molecule has 0 aliphatic heterocycles. The van der Waals surface area contributed by atoms with Crippen LogP contribution in [-0.2, 0) is 11.3 Å². The molecule has 1 aromatic carbocycles. The van der Waals surface area contributed by atoms with E-state index in [0.717, 1.165) is 11.0 Å². The lowest BCUT2D eigenvalue weighted by atomic mass is 10.2. The number of hydrogen-bond donors (Lipinski definition) is 1. The molecule has 0 aliphatic rings. The number of nitrogens with two attached hydrogens (primary N) is 1. The van der Waals surface area contributed by atoms with Crippen LogP contribution in [-0.4, -0.2) is 16.6 Å².